The molecule has 0 radical (unpaired) electrons. The van der Waals surface area contributed by atoms with Crippen molar-refractivity contribution in [2.24, 2.45) is 0 Å². The summed E-state index contributed by atoms with van der Waals surface area (Å²) in [6, 6.07) is 1.40. The Bertz CT molecular complexity index is 372. The minimum absolute atomic E-state index is 0.146. The average Bonchev–Trinajstić information content (AvgIpc) is 2.12. The van der Waals surface area contributed by atoms with Crippen LogP contribution < -0.4 is 10.1 Å². The number of ether oxygens (including phenoxy) is 1. The van der Waals surface area contributed by atoms with Crippen LogP contribution in [0.5, 0.6) is 5.75 Å². The molecule has 1 N–H and O–H groups in total. The van der Waals surface area contributed by atoms with E-state index in [0.717, 1.165) is 0 Å². The molecule has 0 unspecified atom stereocenters. The van der Waals surface area contributed by atoms with Gasteiger partial charge >= 0.3 is 6.18 Å². The van der Waals surface area contributed by atoms with Crippen LogP contribution in [0.3, 0.4) is 0 Å². The fourth-order valence-electron chi connectivity index (χ4n) is 1.17. The summed E-state index contributed by atoms with van der Waals surface area (Å²) in [6.45, 7) is 4.38. The van der Waals surface area contributed by atoms with E-state index in [9.17, 15) is 13.2 Å². The van der Waals surface area contributed by atoms with E-state index in [1.54, 1.807) is 0 Å². The van der Waals surface area contributed by atoms with Crippen molar-refractivity contribution in [3.63, 3.8) is 0 Å². The number of hydrogen-bond donors (Lipinski definition) is 1. The molecule has 0 spiro atoms. The van der Waals surface area contributed by atoms with Crippen LogP contribution >= 0.6 is 0 Å². The molecular formula is C11H15F3N2O. The minimum atomic E-state index is -4.34. The molecule has 0 fully saturated rings. The number of nitrogens with zero attached hydrogens (tertiary/aromatic N) is 1. The number of rotatable bonds is 3. The molecule has 1 heterocycles. The summed E-state index contributed by atoms with van der Waals surface area (Å²) in [5.41, 5.74) is 0.170. The van der Waals surface area contributed by atoms with Gasteiger partial charge in [0.25, 0.3) is 0 Å². The number of alkyl halides is 3. The van der Waals surface area contributed by atoms with Crippen molar-refractivity contribution >= 4 is 5.69 Å². The zero-order chi connectivity index (χ0) is 13.1. The van der Waals surface area contributed by atoms with Gasteiger partial charge in [-0.1, -0.05) is 0 Å². The Morgan fingerprint density at radius 3 is 2.47 bits per heavy atom. The monoisotopic (exact) mass is 248 g/mol. The fourth-order valence-corrected chi connectivity index (χ4v) is 1.17. The smallest absolute Gasteiger partial charge is 0.422 e. The first-order chi connectivity index (χ1) is 7.67. The summed E-state index contributed by atoms with van der Waals surface area (Å²) < 4.78 is 40.9. The van der Waals surface area contributed by atoms with Crippen LogP contribution in [0.15, 0.2) is 18.5 Å². The van der Waals surface area contributed by atoms with Crippen LogP contribution in [-0.4, -0.2) is 23.3 Å². The number of hydrogen-bond acceptors (Lipinski definition) is 3. The molecule has 1 rings (SSSR count). The Balaban J connectivity index is 2.78. The number of nitrogens with one attached hydrogen (secondary N) is 1. The highest BCUT2D eigenvalue weighted by molar-refractivity contribution is 5.55. The lowest BCUT2D eigenvalue weighted by atomic mass is 10.1. The van der Waals surface area contributed by atoms with E-state index in [1.165, 1.54) is 18.5 Å². The van der Waals surface area contributed by atoms with Crippen molar-refractivity contribution in [1.29, 1.82) is 0 Å². The van der Waals surface area contributed by atoms with Gasteiger partial charge in [-0.05, 0) is 20.8 Å². The molecule has 0 saturated heterocycles. The van der Waals surface area contributed by atoms with Crippen LogP contribution in [0.2, 0.25) is 0 Å². The third kappa shape index (κ3) is 5.42. The van der Waals surface area contributed by atoms with E-state index in [4.69, 9.17) is 4.74 Å². The van der Waals surface area contributed by atoms with Crippen molar-refractivity contribution in [2.75, 3.05) is 11.9 Å². The first-order valence-electron chi connectivity index (χ1n) is 5.09. The van der Waals surface area contributed by atoms with Crippen molar-refractivity contribution in [3.05, 3.63) is 18.5 Å². The Morgan fingerprint density at radius 2 is 1.94 bits per heavy atom. The Hall–Kier alpha value is -1.46. The van der Waals surface area contributed by atoms with Crippen molar-refractivity contribution in [2.45, 2.75) is 32.5 Å². The standard InChI is InChI=1S/C11H15F3N2O/c1-10(2,3)16-8-6-15-5-4-9(8)17-7-11(12,13)14/h4-6,16H,7H2,1-3H3. The molecule has 6 heteroatoms. The maximum absolute atomic E-state index is 12.0. The summed E-state index contributed by atoms with van der Waals surface area (Å²) in [5, 5.41) is 3.03. The first-order valence-corrected chi connectivity index (χ1v) is 5.09. The number of anilines is 1. The molecule has 3 nitrogen and oxygen atoms in total. The van der Waals surface area contributed by atoms with Crippen LogP contribution in [0.25, 0.3) is 0 Å². The van der Waals surface area contributed by atoms with E-state index in [2.05, 4.69) is 10.3 Å². The zero-order valence-electron chi connectivity index (χ0n) is 9.93. The number of pyridine rings is 1. The lowest BCUT2D eigenvalue weighted by molar-refractivity contribution is -0.153. The van der Waals surface area contributed by atoms with Gasteiger partial charge in [0.15, 0.2) is 6.61 Å². The van der Waals surface area contributed by atoms with Gasteiger partial charge < -0.3 is 10.1 Å². The van der Waals surface area contributed by atoms with Gasteiger partial charge in [-0.3, -0.25) is 4.98 Å². The SMILES string of the molecule is CC(C)(C)Nc1cnccc1OCC(F)(F)F. The summed E-state index contributed by atoms with van der Waals surface area (Å²) in [7, 11) is 0. The molecule has 0 amide bonds. The summed E-state index contributed by atoms with van der Waals surface area (Å²) >= 11 is 0. The minimum Gasteiger partial charge on any atom is -0.482 e. The molecule has 0 aromatic carbocycles. The first kappa shape index (κ1) is 13.6. The number of aromatic nitrogens is 1. The predicted octanol–water partition coefficient (Wildman–Crippen LogP) is 3.23. The molecule has 0 aliphatic heterocycles. The van der Waals surface area contributed by atoms with Crippen LogP contribution in [0.4, 0.5) is 18.9 Å². The molecule has 0 aliphatic carbocycles. The van der Waals surface area contributed by atoms with Crippen molar-refractivity contribution < 1.29 is 17.9 Å². The second kappa shape index (κ2) is 4.81. The lowest BCUT2D eigenvalue weighted by Crippen LogP contribution is -2.27. The number of halogens is 3. The van der Waals surface area contributed by atoms with Crippen molar-refractivity contribution in [3.8, 4) is 5.75 Å². The second-order valence-corrected chi connectivity index (χ2v) is 4.65. The third-order valence-corrected chi connectivity index (χ3v) is 1.68. The normalized spacial score (nSPS) is 12.4. The highest BCUT2D eigenvalue weighted by Crippen LogP contribution is 2.27. The Morgan fingerprint density at radius 1 is 1.29 bits per heavy atom. The maximum atomic E-state index is 12.0. The summed E-state index contributed by atoms with van der Waals surface area (Å²) in [6.07, 6.45) is -1.52. The van der Waals surface area contributed by atoms with Gasteiger partial charge in [-0.2, -0.15) is 13.2 Å². The van der Waals surface area contributed by atoms with E-state index in [1.807, 2.05) is 20.8 Å². The fraction of sp³-hybridized carbons (Fsp3) is 0.545. The van der Waals surface area contributed by atoms with Gasteiger partial charge in [-0.15, -0.1) is 0 Å². The molecule has 17 heavy (non-hydrogen) atoms. The maximum Gasteiger partial charge on any atom is 0.422 e. The highest BCUT2D eigenvalue weighted by atomic mass is 19.4. The van der Waals surface area contributed by atoms with E-state index >= 15 is 0 Å². The van der Waals surface area contributed by atoms with Gasteiger partial charge in [0.2, 0.25) is 0 Å². The van der Waals surface area contributed by atoms with E-state index < -0.39 is 12.8 Å². The van der Waals surface area contributed by atoms with Gasteiger partial charge in [-0.25, -0.2) is 0 Å². The second-order valence-electron chi connectivity index (χ2n) is 4.65. The van der Waals surface area contributed by atoms with Crippen molar-refractivity contribution in [1.82, 2.24) is 4.98 Å². The third-order valence-electron chi connectivity index (χ3n) is 1.68. The molecular weight excluding hydrogens is 233 g/mol. The molecule has 1 aromatic heterocycles. The lowest BCUT2D eigenvalue weighted by Gasteiger charge is -2.23. The molecule has 0 atom stereocenters. The molecule has 0 bridgehead atoms. The highest BCUT2D eigenvalue weighted by Gasteiger charge is 2.29. The zero-order valence-corrected chi connectivity index (χ0v) is 9.93. The van der Waals surface area contributed by atoms with E-state index in [-0.39, 0.29) is 11.3 Å². The molecule has 0 aliphatic rings. The van der Waals surface area contributed by atoms with Gasteiger partial charge in [0.05, 0.1) is 11.9 Å². The molecule has 0 saturated carbocycles. The van der Waals surface area contributed by atoms with Gasteiger partial charge in [0, 0.05) is 17.8 Å². The van der Waals surface area contributed by atoms with Crippen LogP contribution in [-0.2, 0) is 0 Å². The Kier molecular flexibility index (Phi) is 3.85. The topological polar surface area (TPSA) is 34.2 Å². The average molecular weight is 248 g/mol. The van der Waals surface area contributed by atoms with Gasteiger partial charge in [0.1, 0.15) is 5.75 Å². The largest absolute Gasteiger partial charge is 0.482 e. The molecule has 96 valence electrons. The van der Waals surface area contributed by atoms with Crippen LogP contribution in [0.1, 0.15) is 20.8 Å². The quantitative estimate of drug-likeness (QED) is 0.891. The molecule has 1 aromatic rings. The summed E-state index contributed by atoms with van der Waals surface area (Å²) in [5.74, 6) is 0.146. The van der Waals surface area contributed by atoms with E-state index in [0.29, 0.717) is 5.69 Å². The predicted molar refractivity (Wildman–Crippen MR) is 59.2 cm³/mol. The Labute approximate surface area is 98.0 Å². The summed E-state index contributed by atoms with van der Waals surface area (Å²) in [4.78, 5) is 3.85. The van der Waals surface area contributed by atoms with Crippen LogP contribution in [0, 0.1) is 0 Å².